The van der Waals surface area contributed by atoms with Crippen LogP contribution < -0.4 is 5.73 Å². The number of nitrogens with two attached hydrogens (primary N) is 1. The number of hydrogen-bond acceptors (Lipinski definition) is 2. The van der Waals surface area contributed by atoms with E-state index in [1.807, 2.05) is 18.7 Å². The summed E-state index contributed by atoms with van der Waals surface area (Å²) in [6.45, 7) is 5.10. The molecule has 0 fully saturated rings. The Kier molecular flexibility index (Phi) is 5.31. The summed E-state index contributed by atoms with van der Waals surface area (Å²) in [5.74, 6) is -0.400. The summed E-state index contributed by atoms with van der Waals surface area (Å²) in [6, 6.07) is 5.06. The Bertz CT molecular complexity index is 409. The lowest BCUT2D eigenvalue weighted by molar-refractivity contribution is 0.245. The van der Waals surface area contributed by atoms with Gasteiger partial charge in [0.05, 0.1) is 10.0 Å². The standard InChI is InChI=1S/C12H16ClFN2S/c1-8(2)16(7-11(15)17)6-9-4-3-5-10(14)12(9)13/h3-5,8H,6-7H2,1-2H3,(H2,15,17). The molecule has 0 bridgehead atoms. The highest BCUT2D eigenvalue weighted by Crippen LogP contribution is 2.21. The van der Waals surface area contributed by atoms with Gasteiger partial charge >= 0.3 is 0 Å². The fraction of sp³-hybridized carbons (Fsp3) is 0.417. The van der Waals surface area contributed by atoms with Crippen LogP contribution in [0, 0.1) is 5.82 Å². The van der Waals surface area contributed by atoms with Gasteiger partial charge in [0.15, 0.2) is 0 Å². The van der Waals surface area contributed by atoms with E-state index in [-0.39, 0.29) is 11.1 Å². The van der Waals surface area contributed by atoms with E-state index in [0.29, 0.717) is 18.1 Å². The van der Waals surface area contributed by atoms with Crippen LogP contribution in [0.3, 0.4) is 0 Å². The van der Waals surface area contributed by atoms with Crippen molar-refractivity contribution in [3.05, 3.63) is 34.6 Å². The number of thiocarbonyl (C=S) groups is 1. The zero-order valence-electron chi connectivity index (χ0n) is 9.91. The predicted molar refractivity (Wildman–Crippen MR) is 73.7 cm³/mol. The zero-order chi connectivity index (χ0) is 13.0. The second-order valence-electron chi connectivity index (χ2n) is 4.18. The van der Waals surface area contributed by atoms with E-state index in [0.717, 1.165) is 5.56 Å². The van der Waals surface area contributed by atoms with E-state index in [2.05, 4.69) is 0 Å². The van der Waals surface area contributed by atoms with Gasteiger partial charge in [0.25, 0.3) is 0 Å². The maximum atomic E-state index is 13.3. The molecule has 17 heavy (non-hydrogen) atoms. The van der Waals surface area contributed by atoms with Crippen LogP contribution >= 0.6 is 23.8 Å². The first kappa shape index (κ1) is 14.4. The minimum atomic E-state index is -0.400. The molecule has 0 atom stereocenters. The molecule has 0 aliphatic rings. The highest BCUT2D eigenvalue weighted by atomic mass is 35.5. The Labute approximate surface area is 112 Å². The minimum absolute atomic E-state index is 0.168. The molecular formula is C12H16ClFN2S. The van der Waals surface area contributed by atoms with Crippen molar-refractivity contribution in [3.8, 4) is 0 Å². The Morgan fingerprint density at radius 3 is 2.71 bits per heavy atom. The summed E-state index contributed by atoms with van der Waals surface area (Å²) in [5, 5.41) is 0.168. The molecule has 0 unspecified atom stereocenters. The molecule has 94 valence electrons. The summed E-state index contributed by atoms with van der Waals surface area (Å²) >= 11 is 10.8. The third-order valence-electron chi connectivity index (χ3n) is 2.49. The van der Waals surface area contributed by atoms with Crippen molar-refractivity contribution < 1.29 is 4.39 Å². The van der Waals surface area contributed by atoms with Gasteiger partial charge in [-0.05, 0) is 25.5 Å². The molecule has 5 heteroatoms. The van der Waals surface area contributed by atoms with Gasteiger partial charge in [-0.1, -0.05) is 36.0 Å². The molecule has 0 aromatic heterocycles. The molecule has 0 aliphatic heterocycles. The van der Waals surface area contributed by atoms with Crippen LogP contribution in [-0.2, 0) is 6.54 Å². The molecule has 0 aliphatic carbocycles. The predicted octanol–water partition coefficient (Wildman–Crippen LogP) is 2.98. The first-order valence-corrected chi connectivity index (χ1v) is 6.15. The lowest BCUT2D eigenvalue weighted by Gasteiger charge is -2.26. The highest BCUT2D eigenvalue weighted by molar-refractivity contribution is 7.80. The molecule has 0 amide bonds. The van der Waals surface area contributed by atoms with Crippen LogP contribution in [0.2, 0.25) is 5.02 Å². The third kappa shape index (κ3) is 4.22. The Balaban J connectivity index is 2.86. The SMILES string of the molecule is CC(C)N(CC(N)=S)Cc1cccc(F)c1Cl. The molecule has 2 nitrogen and oxygen atoms in total. The van der Waals surface area contributed by atoms with Crippen molar-refractivity contribution in [3.63, 3.8) is 0 Å². The van der Waals surface area contributed by atoms with Crippen LogP contribution in [-0.4, -0.2) is 22.5 Å². The smallest absolute Gasteiger partial charge is 0.142 e. The van der Waals surface area contributed by atoms with Gasteiger partial charge in [0.2, 0.25) is 0 Å². The summed E-state index contributed by atoms with van der Waals surface area (Å²) in [5.41, 5.74) is 6.28. The Hall–Kier alpha value is -0.710. The Morgan fingerprint density at radius 2 is 2.18 bits per heavy atom. The molecule has 0 spiro atoms. The van der Waals surface area contributed by atoms with Gasteiger partial charge < -0.3 is 5.73 Å². The van der Waals surface area contributed by atoms with Crippen LogP contribution in [0.15, 0.2) is 18.2 Å². The van der Waals surface area contributed by atoms with Crippen molar-refractivity contribution in [2.75, 3.05) is 6.54 Å². The zero-order valence-corrected chi connectivity index (χ0v) is 11.5. The van der Waals surface area contributed by atoms with Gasteiger partial charge in [-0.25, -0.2) is 4.39 Å². The van der Waals surface area contributed by atoms with Gasteiger partial charge in [-0.2, -0.15) is 0 Å². The van der Waals surface area contributed by atoms with Crippen molar-refractivity contribution in [2.45, 2.75) is 26.4 Å². The molecule has 0 saturated heterocycles. The fourth-order valence-corrected chi connectivity index (χ4v) is 1.86. The lowest BCUT2D eigenvalue weighted by Crippen LogP contribution is -2.37. The third-order valence-corrected chi connectivity index (χ3v) is 3.05. The van der Waals surface area contributed by atoms with Gasteiger partial charge in [-0.15, -0.1) is 0 Å². The first-order valence-electron chi connectivity index (χ1n) is 5.37. The Morgan fingerprint density at radius 1 is 1.53 bits per heavy atom. The molecule has 0 radical (unpaired) electrons. The van der Waals surface area contributed by atoms with E-state index in [1.165, 1.54) is 6.07 Å². The maximum absolute atomic E-state index is 13.3. The second-order valence-corrected chi connectivity index (χ2v) is 5.08. The maximum Gasteiger partial charge on any atom is 0.142 e. The summed E-state index contributed by atoms with van der Waals surface area (Å²) < 4.78 is 13.3. The number of hydrogen-bond donors (Lipinski definition) is 1. The van der Waals surface area contributed by atoms with Crippen LogP contribution in [0.4, 0.5) is 4.39 Å². The van der Waals surface area contributed by atoms with Gasteiger partial charge in [-0.3, -0.25) is 4.90 Å². The number of benzene rings is 1. The molecule has 1 aromatic carbocycles. The normalized spacial score (nSPS) is 11.2. The second kappa shape index (κ2) is 6.28. The summed E-state index contributed by atoms with van der Waals surface area (Å²) in [4.78, 5) is 2.47. The quantitative estimate of drug-likeness (QED) is 0.837. The molecule has 1 rings (SSSR count). The van der Waals surface area contributed by atoms with E-state index in [1.54, 1.807) is 12.1 Å². The van der Waals surface area contributed by atoms with Crippen molar-refractivity contribution >= 4 is 28.8 Å². The van der Waals surface area contributed by atoms with Crippen molar-refractivity contribution in [1.29, 1.82) is 0 Å². The number of nitrogens with zero attached hydrogens (tertiary/aromatic N) is 1. The largest absolute Gasteiger partial charge is 0.392 e. The lowest BCUT2D eigenvalue weighted by atomic mass is 10.2. The molecule has 1 aromatic rings. The summed E-state index contributed by atoms with van der Waals surface area (Å²) in [6.07, 6.45) is 0. The molecule has 0 saturated carbocycles. The van der Waals surface area contributed by atoms with E-state index in [4.69, 9.17) is 29.6 Å². The van der Waals surface area contributed by atoms with Gasteiger partial charge in [0, 0.05) is 19.1 Å². The van der Waals surface area contributed by atoms with E-state index >= 15 is 0 Å². The highest BCUT2D eigenvalue weighted by Gasteiger charge is 2.14. The molecule has 0 heterocycles. The average molecular weight is 275 g/mol. The molecule has 2 N–H and O–H groups in total. The number of rotatable bonds is 5. The van der Waals surface area contributed by atoms with Crippen LogP contribution in [0.5, 0.6) is 0 Å². The number of halogens is 2. The monoisotopic (exact) mass is 274 g/mol. The molecular weight excluding hydrogens is 259 g/mol. The minimum Gasteiger partial charge on any atom is -0.392 e. The topological polar surface area (TPSA) is 29.3 Å². The van der Waals surface area contributed by atoms with Crippen molar-refractivity contribution in [1.82, 2.24) is 4.90 Å². The van der Waals surface area contributed by atoms with E-state index < -0.39 is 5.82 Å². The van der Waals surface area contributed by atoms with Crippen LogP contribution in [0.1, 0.15) is 19.4 Å². The van der Waals surface area contributed by atoms with Crippen molar-refractivity contribution in [2.24, 2.45) is 5.73 Å². The van der Waals surface area contributed by atoms with Crippen LogP contribution in [0.25, 0.3) is 0 Å². The fourth-order valence-electron chi connectivity index (χ4n) is 1.51. The first-order chi connectivity index (χ1) is 7.91. The van der Waals surface area contributed by atoms with E-state index in [9.17, 15) is 4.39 Å². The van der Waals surface area contributed by atoms with Gasteiger partial charge in [0.1, 0.15) is 5.82 Å². The summed E-state index contributed by atoms with van der Waals surface area (Å²) in [7, 11) is 0. The average Bonchev–Trinajstić information content (AvgIpc) is 2.22.